The smallest absolute Gasteiger partial charge is 0.0977 e. The summed E-state index contributed by atoms with van der Waals surface area (Å²) in [5.41, 5.74) is 3.68. The van der Waals surface area contributed by atoms with Crippen LogP contribution in [0.25, 0.3) is 0 Å². The van der Waals surface area contributed by atoms with Crippen LogP contribution in [0.15, 0.2) is 0 Å². The molecule has 0 aromatic carbocycles. The third kappa shape index (κ3) is 5.92. The van der Waals surface area contributed by atoms with Gasteiger partial charge in [0.1, 0.15) is 0 Å². The molecule has 0 saturated heterocycles. The molecule has 0 aromatic heterocycles. The second-order valence-corrected chi connectivity index (χ2v) is 2.81. The second kappa shape index (κ2) is 3.05. The molecule has 0 saturated carbocycles. The summed E-state index contributed by atoms with van der Waals surface area (Å²) in [4.78, 5) is 0. The maximum atomic E-state index is 5.32. The molecule has 0 rings (SSSR count). The molecule has 8 heavy (non-hydrogen) atoms. The van der Waals surface area contributed by atoms with Crippen molar-refractivity contribution in [3.8, 4) is 0 Å². The van der Waals surface area contributed by atoms with E-state index in [9.17, 15) is 0 Å². The molecular weight excluding hydrogens is 102 g/mol. The quantitative estimate of drug-likeness (QED) is 0.546. The first-order valence-electron chi connectivity index (χ1n) is 2.99. The zero-order valence-corrected chi connectivity index (χ0v) is 6.03. The lowest BCUT2D eigenvalue weighted by Crippen LogP contribution is -2.53. The van der Waals surface area contributed by atoms with Gasteiger partial charge in [-0.3, -0.25) is 0 Å². The summed E-state index contributed by atoms with van der Waals surface area (Å²) >= 11 is 0. The average Bonchev–Trinajstić information content (AvgIpc) is 1.59. The minimum Gasteiger partial charge on any atom is -0.370 e. The monoisotopic (exact) mass is 118 g/mol. The van der Waals surface area contributed by atoms with Gasteiger partial charge in [0.05, 0.1) is 18.8 Å². The fourth-order valence-corrected chi connectivity index (χ4v) is 0.378. The van der Waals surface area contributed by atoms with E-state index in [4.69, 9.17) is 4.74 Å². The van der Waals surface area contributed by atoms with Crippen LogP contribution in [0.1, 0.15) is 20.8 Å². The van der Waals surface area contributed by atoms with Gasteiger partial charge in [0.2, 0.25) is 0 Å². The first-order chi connectivity index (χ1) is 3.56. The molecule has 0 fully saturated rings. The maximum absolute atomic E-state index is 5.32. The zero-order chi connectivity index (χ0) is 6.62. The van der Waals surface area contributed by atoms with Crippen molar-refractivity contribution in [3.63, 3.8) is 0 Å². The van der Waals surface area contributed by atoms with Crippen LogP contribution in [-0.4, -0.2) is 18.8 Å². The second-order valence-electron chi connectivity index (χ2n) is 2.81. The maximum Gasteiger partial charge on any atom is 0.0977 e. The molecular formula is C6H16NO+. The number of quaternary nitrogens is 1. The first-order valence-corrected chi connectivity index (χ1v) is 2.99. The van der Waals surface area contributed by atoms with Gasteiger partial charge in [-0.05, 0) is 20.8 Å². The fourth-order valence-electron chi connectivity index (χ4n) is 0.378. The highest BCUT2D eigenvalue weighted by atomic mass is 16.5. The van der Waals surface area contributed by atoms with Crippen molar-refractivity contribution in [3.05, 3.63) is 0 Å². The van der Waals surface area contributed by atoms with E-state index in [1.807, 2.05) is 20.8 Å². The molecule has 0 aliphatic heterocycles. The molecule has 0 atom stereocenters. The summed E-state index contributed by atoms with van der Waals surface area (Å²) in [6.45, 7) is 7.76. The Morgan fingerprint density at radius 3 is 2.00 bits per heavy atom. The number of hydrogen-bond donors (Lipinski definition) is 1. The van der Waals surface area contributed by atoms with Crippen LogP contribution in [0.2, 0.25) is 0 Å². The van der Waals surface area contributed by atoms with Gasteiger partial charge >= 0.3 is 0 Å². The van der Waals surface area contributed by atoms with E-state index in [-0.39, 0.29) is 5.60 Å². The summed E-state index contributed by atoms with van der Waals surface area (Å²) in [6.07, 6.45) is 0. The molecule has 0 bridgehead atoms. The molecule has 0 radical (unpaired) electrons. The van der Waals surface area contributed by atoms with E-state index < -0.39 is 0 Å². The van der Waals surface area contributed by atoms with Crippen molar-refractivity contribution in [2.75, 3.05) is 13.2 Å². The molecule has 0 amide bonds. The SMILES string of the molecule is CC(C)(C)OCC[NH3+]. The predicted octanol–water partition coefficient (Wildman–Crippen LogP) is 0.0434. The molecule has 0 unspecified atom stereocenters. The highest BCUT2D eigenvalue weighted by Crippen LogP contribution is 2.04. The molecule has 50 valence electrons. The molecule has 0 spiro atoms. The van der Waals surface area contributed by atoms with Crippen LogP contribution in [-0.2, 0) is 4.74 Å². The lowest BCUT2D eigenvalue weighted by atomic mass is 10.2. The third-order valence-corrected chi connectivity index (χ3v) is 0.679. The number of rotatable bonds is 2. The van der Waals surface area contributed by atoms with Crippen LogP contribution in [0, 0.1) is 0 Å². The lowest BCUT2D eigenvalue weighted by molar-refractivity contribution is -0.377. The Bertz CT molecular complexity index is 56.0. The van der Waals surface area contributed by atoms with E-state index in [2.05, 4.69) is 5.73 Å². The van der Waals surface area contributed by atoms with Gasteiger partial charge in [0, 0.05) is 0 Å². The predicted molar refractivity (Wildman–Crippen MR) is 33.5 cm³/mol. The van der Waals surface area contributed by atoms with Crippen molar-refractivity contribution in [1.82, 2.24) is 0 Å². The zero-order valence-electron chi connectivity index (χ0n) is 6.03. The van der Waals surface area contributed by atoms with E-state index in [0.29, 0.717) is 0 Å². The molecule has 2 heteroatoms. The van der Waals surface area contributed by atoms with Gasteiger partial charge in [-0.1, -0.05) is 0 Å². The summed E-state index contributed by atoms with van der Waals surface area (Å²) in [6, 6.07) is 0. The van der Waals surface area contributed by atoms with Crippen molar-refractivity contribution in [2.24, 2.45) is 0 Å². The van der Waals surface area contributed by atoms with E-state index in [1.165, 1.54) is 0 Å². The van der Waals surface area contributed by atoms with E-state index >= 15 is 0 Å². The third-order valence-electron chi connectivity index (χ3n) is 0.679. The molecule has 0 heterocycles. The fraction of sp³-hybridized carbons (Fsp3) is 1.00. The Morgan fingerprint density at radius 2 is 1.88 bits per heavy atom. The Labute approximate surface area is 51.0 Å². The number of hydrogen-bond acceptors (Lipinski definition) is 1. The van der Waals surface area contributed by atoms with Crippen molar-refractivity contribution in [2.45, 2.75) is 26.4 Å². The number of ether oxygens (including phenoxy) is 1. The average molecular weight is 118 g/mol. The highest BCUT2D eigenvalue weighted by Gasteiger charge is 2.08. The minimum absolute atomic E-state index is 0.0116. The molecule has 0 aliphatic rings. The summed E-state index contributed by atoms with van der Waals surface area (Å²) < 4.78 is 5.32. The molecule has 0 aliphatic carbocycles. The van der Waals surface area contributed by atoms with Crippen molar-refractivity contribution in [1.29, 1.82) is 0 Å². The summed E-state index contributed by atoms with van der Waals surface area (Å²) in [5, 5.41) is 0. The van der Waals surface area contributed by atoms with Gasteiger partial charge in [-0.15, -0.1) is 0 Å². The largest absolute Gasteiger partial charge is 0.370 e. The van der Waals surface area contributed by atoms with Crippen molar-refractivity contribution >= 4 is 0 Å². The Hall–Kier alpha value is -0.0800. The van der Waals surface area contributed by atoms with Crippen LogP contribution in [0.4, 0.5) is 0 Å². The summed E-state index contributed by atoms with van der Waals surface area (Å²) in [5.74, 6) is 0. The standard InChI is InChI=1S/C6H15NO/c1-6(2,3)8-5-4-7/h4-5,7H2,1-3H3/p+1. The molecule has 3 N–H and O–H groups in total. The Morgan fingerprint density at radius 1 is 1.38 bits per heavy atom. The Balaban J connectivity index is 3.11. The first kappa shape index (κ1) is 7.92. The summed E-state index contributed by atoms with van der Waals surface area (Å²) in [7, 11) is 0. The minimum atomic E-state index is 0.0116. The van der Waals surface area contributed by atoms with E-state index in [1.54, 1.807) is 0 Å². The Kier molecular flexibility index (Phi) is 3.02. The van der Waals surface area contributed by atoms with Crippen LogP contribution >= 0.6 is 0 Å². The van der Waals surface area contributed by atoms with E-state index in [0.717, 1.165) is 13.2 Å². The van der Waals surface area contributed by atoms with Gasteiger partial charge < -0.3 is 10.5 Å². The lowest BCUT2D eigenvalue weighted by Gasteiger charge is -2.17. The normalized spacial score (nSPS) is 12.0. The molecule has 2 nitrogen and oxygen atoms in total. The van der Waals surface area contributed by atoms with Gasteiger partial charge in [-0.25, -0.2) is 0 Å². The van der Waals surface area contributed by atoms with Crippen molar-refractivity contribution < 1.29 is 10.5 Å². The van der Waals surface area contributed by atoms with Crippen LogP contribution in [0.5, 0.6) is 0 Å². The molecule has 0 aromatic rings. The van der Waals surface area contributed by atoms with Crippen LogP contribution in [0.3, 0.4) is 0 Å². The van der Waals surface area contributed by atoms with Crippen LogP contribution < -0.4 is 5.73 Å². The topological polar surface area (TPSA) is 36.9 Å². The highest BCUT2D eigenvalue weighted by molar-refractivity contribution is 4.57. The van der Waals surface area contributed by atoms with Gasteiger partial charge in [-0.2, -0.15) is 0 Å². The van der Waals surface area contributed by atoms with Gasteiger partial charge in [0.15, 0.2) is 0 Å². The van der Waals surface area contributed by atoms with Gasteiger partial charge in [0.25, 0.3) is 0 Å².